The number of urea groups is 1. The maximum Gasteiger partial charge on any atom is 0.338 e. The average Bonchev–Trinajstić information content (AvgIpc) is 3.07. The van der Waals surface area contributed by atoms with Gasteiger partial charge in [-0.2, -0.15) is 0 Å². The zero-order valence-corrected chi connectivity index (χ0v) is 15.5. The third-order valence-corrected chi connectivity index (χ3v) is 4.65. The Morgan fingerprint density at radius 2 is 1.81 bits per heavy atom. The van der Waals surface area contributed by atoms with Crippen LogP contribution >= 0.6 is 0 Å². The summed E-state index contributed by atoms with van der Waals surface area (Å²) in [5.74, 6) is 0.384. The predicted octanol–water partition coefficient (Wildman–Crippen LogP) is 3.59. The van der Waals surface area contributed by atoms with Crippen LogP contribution in [0.4, 0.5) is 4.79 Å². The molecule has 3 rings (SSSR count). The SMILES string of the molecule is CC1=C(C(=O)OC2CCCC2)[C@@H](c2ccc(OC(C)C)cc2)NC(=O)N1. The molecule has 2 amide bonds. The molecule has 0 radical (unpaired) electrons. The Morgan fingerprint density at radius 3 is 2.42 bits per heavy atom. The largest absolute Gasteiger partial charge is 0.491 e. The van der Waals surface area contributed by atoms with Crippen molar-refractivity contribution in [3.05, 3.63) is 41.1 Å². The maximum atomic E-state index is 12.8. The Balaban J connectivity index is 1.83. The summed E-state index contributed by atoms with van der Waals surface area (Å²) in [5, 5.41) is 5.51. The Kier molecular flexibility index (Phi) is 5.49. The molecule has 6 nitrogen and oxygen atoms in total. The van der Waals surface area contributed by atoms with Gasteiger partial charge in [-0.1, -0.05) is 12.1 Å². The highest BCUT2D eigenvalue weighted by molar-refractivity contribution is 5.95. The fourth-order valence-electron chi connectivity index (χ4n) is 3.45. The van der Waals surface area contributed by atoms with Gasteiger partial charge in [-0.05, 0) is 64.2 Å². The first kappa shape index (κ1) is 18.3. The van der Waals surface area contributed by atoms with E-state index in [1.807, 2.05) is 38.1 Å². The van der Waals surface area contributed by atoms with Crippen molar-refractivity contribution in [2.24, 2.45) is 0 Å². The highest BCUT2D eigenvalue weighted by Gasteiger charge is 2.33. The molecule has 1 aliphatic carbocycles. The van der Waals surface area contributed by atoms with E-state index in [9.17, 15) is 9.59 Å². The number of hydrogen-bond acceptors (Lipinski definition) is 4. The van der Waals surface area contributed by atoms with E-state index in [4.69, 9.17) is 9.47 Å². The maximum absolute atomic E-state index is 12.8. The van der Waals surface area contributed by atoms with E-state index in [-0.39, 0.29) is 24.2 Å². The van der Waals surface area contributed by atoms with Crippen molar-refractivity contribution in [3.63, 3.8) is 0 Å². The number of hydrogen-bond donors (Lipinski definition) is 2. The minimum Gasteiger partial charge on any atom is -0.491 e. The fraction of sp³-hybridized carbons (Fsp3) is 0.500. The van der Waals surface area contributed by atoms with Crippen molar-refractivity contribution in [3.8, 4) is 5.75 Å². The molecule has 1 aliphatic heterocycles. The van der Waals surface area contributed by atoms with Crippen LogP contribution in [0.5, 0.6) is 5.75 Å². The predicted molar refractivity (Wildman–Crippen MR) is 97.7 cm³/mol. The van der Waals surface area contributed by atoms with Crippen LogP contribution in [0.1, 0.15) is 58.1 Å². The summed E-state index contributed by atoms with van der Waals surface area (Å²) >= 11 is 0. The zero-order chi connectivity index (χ0) is 18.7. The van der Waals surface area contributed by atoms with E-state index in [0.29, 0.717) is 11.3 Å². The number of amides is 2. The van der Waals surface area contributed by atoms with Gasteiger partial charge in [0.05, 0.1) is 17.7 Å². The van der Waals surface area contributed by atoms with Gasteiger partial charge in [0.15, 0.2) is 0 Å². The van der Waals surface area contributed by atoms with E-state index in [0.717, 1.165) is 37.0 Å². The summed E-state index contributed by atoms with van der Waals surface area (Å²) in [5.41, 5.74) is 1.80. The number of esters is 1. The lowest BCUT2D eigenvalue weighted by Crippen LogP contribution is -2.45. The van der Waals surface area contributed by atoms with Crippen molar-refractivity contribution < 1.29 is 19.1 Å². The van der Waals surface area contributed by atoms with Crippen LogP contribution in [0.3, 0.4) is 0 Å². The van der Waals surface area contributed by atoms with Crippen molar-refractivity contribution in [2.75, 3.05) is 0 Å². The van der Waals surface area contributed by atoms with Gasteiger partial charge in [-0.3, -0.25) is 0 Å². The summed E-state index contributed by atoms with van der Waals surface area (Å²) in [6, 6.07) is 6.56. The molecule has 6 heteroatoms. The molecular formula is C20H26N2O4. The lowest BCUT2D eigenvalue weighted by molar-refractivity contribution is -0.144. The van der Waals surface area contributed by atoms with Gasteiger partial charge in [-0.15, -0.1) is 0 Å². The lowest BCUT2D eigenvalue weighted by atomic mass is 9.95. The molecule has 1 aromatic carbocycles. The van der Waals surface area contributed by atoms with Crippen molar-refractivity contribution in [1.82, 2.24) is 10.6 Å². The van der Waals surface area contributed by atoms with E-state index >= 15 is 0 Å². The molecule has 2 aliphatic rings. The van der Waals surface area contributed by atoms with Crippen LogP contribution in [0.2, 0.25) is 0 Å². The van der Waals surface area contributed by atoms with Gasteiger partial charge in [0.25, 0.3) is 0 Å². The number of carbonyl (C=O) groups is 2. The first-order valence-corrected chi connectivity index (χ1v) is 9.20. The summed E-state index contributed by atoms with van der Waals surface area (Å²) in [6.07, 6.45) is 4.05. The molecule has 0 saturated heterocycles. The van der Waals surface area contributed by atoms with Crippen molar-refractivity contribution in [2.45, 2.75) is 64.7 Å². The second kappa shape index (κ2) is 7.81. The topological polar surface area (TPSA) is 76.7 Å². The third kappa shape index (κ3) is 4.18. The highest BCUT2D eigenvalue weighted by Crippen LogP contribution is 2.31. The van der Waals surface area contributed by atoms with Gasteiger partial charge < -0.3 is 20.1 Å². The molecule has 0 aromatic heterocycles. The first-order valence-electron chi connectivity index (χ1n) is 9.20. The molecule has 1 heterocycles. The number of benzene rings is 1. The normalized spacial score (nSPS) is 20.8. The molecule has 140 valence electrons. The number of allylic oxidation sites excluding steroid dienone is 1. The fourth-order valence-corrected chi connectivity index (χ4v) is 3.45. The molecule has 1 fully saturated rings. The standard InChI is InChI=1S/C20H26N2O4/c1-12(2)25-16-10-8-14(9-11-16)18-17(13(3)21-20(24)22-18)19(23)26-15-6-4-5-7-15/h8-12,15,18H,4-7H2,1-3H3,(H2,21,22,24)/t18-/m1/s1. The summed E-state index contributed by atoms with van der Waals surface area (Å²) in [4.78, 5) is 24.7. The molecule has 1 aromatic rings. The van der Waals surface area contributed by atoms with E-state index < -0.39 is 6.04 Å². The summed E-state index contributed by atoms with van der Waals surface area (Å²) in [7, 11) is 0. The molecule has 1 atom stereocenters. The number of nitrogens with one attached hydrogen (secondary N) is 2. The molecule has 2 N–H and O–H groups in total. The quantitative estimate of drug-likeness (QED) is 0.789. The van der Waals surface area contributed by atoms with Crippen molar-refractivity contribution in [1.29, 1.82) is 0 Å². The minimum atomic E-state index is -0.536. The molecule has 26 heavy (non-hydrogen) atoms. The van der Waals surface area contributed by atoms with Crippen LogP contribution in [-0.4, -0.2) is 24.2 Å². The third-order valence-electron chi connectivity index (χ3n) is 4.65. The molecule has 0 unspecified atom stereocenters. The average molecular weight is 358 g/mol. The van der Waals surface area contributed by atoms with Gasteiger partial charge in [0.1, 0.15) is 11.9 Å². The summed E-state index contributed by atoms with van der Waals surface area (Å²) in [6.45, 7) is 5.65. The molecule has 1 saturated carbocycles. The van der Waals surface area contributed by atoms with Crippen LogP contribution < -0.4 is 15.4 Å². The van der Waals surface area contributed by atoms with Gasteiger partial charge in [-0.25, -0.2) is 9.59 Å². The Labute approximate surface area is 153 Å². The monoisotopic (exact) mass is 358 g/mol. The van der Waals surface area contributed by atoms with Gasteiger partial charge in [0, 0.05) is 5.70 Å². The van der Waals surface area contributed by atoms with E-state index in [1.165, 1.54) is 0 Å². The highest BCUT2D eigenvalue weighted by atomic mass is 16.5. The summed E-state index contributed by atoms with van der Waals surface area (Å²) < 4.78 is 11.3. The number of rotatable bonds is 5. The van der Waals surface area contributed by atoms with Gasteiger partial charge in [0.2, 0.25) is 0 Å². The van der Waals surface area contributed by atoms with E-state index in [1.54, 1.807) is 6.92 Å². The smallest absolute Gasteiger partial charge is 0.338 e. The van der Waals surface area contributed by atoms with E-state index in [2.05, 4.69) is 10.6 Å². The van der Waals surface area contributed by atoms with Crippen molar-refractivity contribution >= 4 is 12.0 Å². The zero-order valence-electron chi connectivity index (χ0n) is 15.5. The number of carbonyl (C=O) groups excluding carboxylic acids is 2. The Morgan fingerprint density at radius 1 is 1.15 bits per heavy atom. The molecule has 0 spiro atoms. The second-order valence-electron chi connectivity index (χ2n) is 7.12. The molecular weight excluding hydrogens is 332 g/mol. The molecule has 0 bridgehead atoms. The van der Waals surface area contributed by atoms with Crippen LogP contribution in [0.25, 0.3) is 0 Å². The van der Waals surface area contributed by atoms with Crippen LogP contribution in [0, 0.1) is 0 Å². The second-order valence-corrected chi connectivity index (χ2v) is 7.12. The Hall–Kier alpha value is -2.50. The van der Waals surface area contributed by atoms with Crippen LogP contribution in [-0.2, 0) is 9.53 Å². The first-order chi connectivity index (χ1) is 12.4. The van der Waals surface area contributed by atoms with Crippen LogP contribution in [0.15, 0.2) is 35.5 Å². The Bertz CT molecular complexity index is 703. The lowest BCUT2D eigenvalue weighted by Gasteiger charge is -2.29. The van der Waals surface area contributed by atoms with Gasteiger partial charge >= 0.3 is 12.0 Å². The number of ether oxygens (including phenoxy) is 2. The minimum absolute atomic E-state index is 0.0251.